The van der Waals surface area contributed by atoms with Crippen LogP contribution in [0.3, 0.4) is 0 Å². The van der Waals surface area contributed by atoms with Crippen LogP contribution >= 0.6 is 0 Å². The molecule has 1 N–H and O–H groups in total. The fourth-order valence-electron chi connectivity index (χ4n) is 3.35. The van der Waals surface area contributed by atoms with Crippen molar-refractivity contribution < 1.29 is 30.5 Å². The summed E-state index contributed by atoms with van der Waals surface area (Å²) in [7, 11) is -8.63. The molecule has 0 saturated carbocycles. The second-order valence-electron chi connectivity index (χ2n) is 6.18. The summed E-state index contributed by atoms with van der Waals surface area (Å²) in [6.45, 7) is 6.41. The SMILES string of the molecule is CC[N+]1=C(C)C(C)(CCCS(=O)(=O)O)c2cc(S(=O)(=O)[O-])ccc21. The summed E-state index contributed by atoms with van der Waals surface area (Å²) in [6.07, 6.45) is 0.627. The first-order chi connectivity index (χ1) is 10.9. The van der Waals surface area contributed by atoms with Crippen LogP contribution in [0.15, 0.2) is 23.1 Å². The summed E-state index contributed by atoms with van der Waals surface area (Å²) >= 11 is 0. The predicted molar refractivity (Wildman–Crippen MR) is 88.5 cm³/mol. The van der Waals surface area contributed by atoms with Gasteiger partial charge in [-0.2, -0.15) is 13.0 Å². The minimum atomic E-state index is -4.57. The Morgan fingerprint density at radius 2 is 1.88 bits per heavy atom. The molecule has 9 heteroatoms. The summed E-state index contributed by atoms with van der Waals surface area (Å²) < 4.78 is 66.9. The average Bonchev–Trinajstić information content (AvgIpc) is 2.65. The van der Waals surface area contributed by atoms with Gasteiger partial charge in [-0.25, -0.2) is 8.42 Å². The van der Waals surface area contributed by atoms with Gasteiger partial charge in [-0.1, -0.05) is 0 Å². The molecule has 0 amide bonds. The molecule has 0 radical (unpaired) electrons. The Labute approximate surface area is 142 Å². The molecule has 1 heterocycles. The van der Waals surface area contributed by atoms with Crippen LogP contribution in [0, 0.1) is 0 Å². The third-order valence-electron chi connectivity index (χ3n) is 4.74. The average molecular weight is 375 g/mol. The van der Waals surface area contributed by atoms with Crippen LogP contribution in [-0.2, 0) is 25.7 Å². The highest BCUT2D eigenvalue weighted by Crippen LogP contribution is 2.43. The highest BCUT2D eigenvalue weighted by atomic mass is 32.2. The molecule has 7 nitrogen and oxygen atoms in total. The lowest BCUT2D eigenvalue weighted by Gasteiger charge is -2.22. The van der Waals surface area contributed by atoms with E-state index in [9.17, 15) is 21.4 Å². The van der Waals surface area contributed by atoms with Crippen molar-refractivity contribution in [2.75, 3.05) is 12.3 Å². The van der Waals surface area contributed by atoms with Gasteiger partial charge in [0.15, 0.2) is 5.71 Å². The molecule has 0 bridgehead atoms. The molecule has 1 aliphatic heterocycles. The van der Waals surface area contributed by atoms with Crippen LogP contribution in [0.25, 0.3) is 0 Å². The molecular formula is C15H21NO6S2. The summed E-state index contributed by atoms with van der Waals surface area (Å²) in [5.74, 6) is -0.364. The zero-order valence-corrected chi connectivity index (χ0v) is 15.4. The highest BCUT2D eigenvalue weighted by Gasteiger charge is 2.46. The van der Waals surface area contributed by atoms with Crippen molar-refractivity contribution in [3.05, 3.63) is 23.8 Å². The van der Waals surface area contributed by atoms with Crippen LogP contribution in [0.4, 0.5) is 5.69 Å². The quantitative estimate of drug-likeness (QED) is 0.597. The van der Waals surface area contributed by atoms with Gasteiger partial charge < -0.3 is 4.55 Å². The van der Waals surface area contributed by atoms with Gasteiger partial charge in [0.25, 0.3) is 10.1 Å². The Morgan fingerprint density at radius 3 is 2.38 bits per heavy atom. The largest absolute Gasteiger partial charge is 0.744 e. The first-order valence-corrected chi connectivity index (χ1v) is 10.6. The van der Waals surface area contributed by atoms with Gasteiger partial charge in [0.2, 0.25) is 5.69 Å². The van der Waals surface area contributed by atoms with Crippen LogP contribution in [0.1, 0.15) is 39.2 Å². The Bertz CT molecular complexity index is 902. The molecule has 0 spiro atoms. The second kappa shape index (κ2) is 6.21. The number of benzene rings is 1. The summed E-state index contributed by atoms with van der Waals surface area (Å²) in [5, 5.41) is 0. The monoisotopic (exact) mass is 375 g/mol. The van der Waals surface area contributed by atoms with Gasteiger partial charge in [0, 0.05) is 18.6 Å². The molecule has 1 unspecified atom stereocenters. The third kappa shape index (κ3) is 3.53. The van der Waals surface area contributed by atoms with E-state index in [0.29, 0.717) is 18.5 Å². The van der Waals surface area contributed by atoms with Gasteiger partial charge >= 0.3 is 0 Å². The molecule has 134 valence electrons. The maximum Gasteiger partial charge on any atom is 0.264 e. The number of rotatable bonds is 6. The molecule has 2 rings (SSSR count). The Balaban J connectivity index is 2.51. The molecule has 1 aliphatic rings. The van der Waals surface area contributed by atoms with E-state index in [2.05, 4.69) is 0 Å². The van der Waals surface area contributed by atoms with Gasteiger partial charge in [0.05, 0.1) is 16.1 Å². The normalized spacial score (nSPS) is 21.2. The maximum atomic E-state index is 11.3. The minimum absolute atomic E-state index is 0.220. The number of nitrogens with zero attached hydrogens (tertiary/aromatic N) is 1. The fraction of sp³-hybridized carbons (Fsp3) is 0.533. The van der Waals surface area contributed by atoms with Crippen LogP contribution in [0.2, 0.25) is 0 Å². The van der Waals surface area contributed by atoms with Crippen LogP contribution in [0.5, 0.6) is 0 Å². The van der Waals surface area contributed by atoms with Gasteiger partial charge in [-0.15, -0.1) is 0 Å². The zero-order valence-electron chi connectivity index (χ0n) is 13.8. The van der Waals surface area contributed by atoms with Crippen molar-refractivity contribution in [2.24, 2.45) is 0 Å². The van der Waals surface area contributed by atoms with E-state index in [1.807, 2.05) is 25.3 Å². The van der Waals surface area contributed by atoms with Crippen molar-refractivity contribution in [1.29, 1.82) is 0 Å². The molecule has 0 aliphatic carbocycles. The van der Waals surface area contributed by atoms with Crippen molar-refractivity contribution in [3.8, 4) is 0 Å². The van der Waals surface area contributed by atoms with E-state index in [0.717, 1.165) is 11.4 Å². The number of hydrogen-bond acceptors (Lipinski definition) is 5. The second-order valence-corrected chi connectivity index (χ2v) is 9.14. The summed E-state index contributed by atoms with van der Waals surface area (Å²) in [6, 6.07) is 4.28. The Morgan fingerprint density at radius 1 is 1.25 bits per heavy atom. The maximum absolute atomic E-state index is 11.3. The molecular weight excluding hydrogens is 354 g/mol. The molecule has 1 aromatic rings. The highest BCUT2D eigenvalue weighted by molar-refractivity contribution is 7.86. The van der Waals surface area contributed by atoms with E-state index in [4.69, 9.17) is 4.55 Å². The lowest BCUT2D eigenvalue weighted by atomic mass is 9.76. The molecule has 24 heavy (non-hydrogen) atoms. The van der Waals surface area contributed by atoms with Gasteiger partial charge in [-0.3, -0.25) is 4.55 Å². The van der Waals surface area contributed by atoms with E-state index in [-0.39, 0.29) is 17.1 Å². The smallest absolute Gasteiger partial charge is 0.264 e. The van der Waals surface area contributed by atoms with Crippen molar-refractivity contribution in [2.45, 2.75) is 43.9 Å². The van der Waals surface area contributed by atoms with Crippen molar-refractivity contribution >= 4 is 31.6 Å². The first kappa shape index (κ1) is 19.0. The number of fused-ring (bicyclic) bond motifs is 1. The Kier molecular flexibility index (Phi) is 4.93. The summed E-state index contributed by atoms with van der Waals surface area (Å²) in [5.41, 5.74) is 1.86. The zero-order chi connectivity index (χ0) is 18.3. The van der Waals surface area contributed by atoms with E-state index in [1.54, 1.807) is 6.07 Å². The predicted octanol–water partition coefficient (Wildman–Crippen LogP) is 1.65. The number of hydrogen-bond donors (Lipinski definition) is 1. The fourth-order valence-corrected chi connectivity index (χ4v) is 4.36. The van der Waals surface area contributed by atoms with Crippen molar-refractivity contribution in [1.82, 2.24) is 0 Å². The molecule has 1 aromatic carbocycles. The summed E-state index contributed by atoms with van der Waals surface area (Å²) in [4.78, 5) is -0.298. The molecule has 0 aromatic heterocycles. The lowest BCUT2D eigenvalue weighted by molar-refractivity contribution is -0.434. The standard InChI is InChI=1S/C15H21NO6S2/c1-4-16-11(2)15(3,8-5-9-23(17,18)19)13-10-12(24(20,21)22)6-7-14(13)16/h6-7,10H,4-5,8-9H2,1-3H3,(H-,17,18,19,20,21,22). The van der Waals surface area contributed by atoms with E-state index < -0.39 is 25.7 Å². The molecule has 0 fully saturated rings. The van der Waals surface area contributed by atoms with E-state index >= 15 is 0 Å². The van der Waals surface area contributed by atoms with Crippen LogP contribution in [-0.4, -0.2) is 48.5 Å². The molecule has 0 saturated heterocycles. The molecule has 1 atom stereocenters. The van der Waals surface area contributed by atoms with E-state index in [1.165, 1.54) is 12.1 Å². The van der Waals surface area contributed by atoms with Crippen molar-refractivity contribution in [3.63, 3.8) is 0 Å². The van der Waals surface area contributed by atoms with Gasteiger partial charge in [-0.05, 0) is 38.8 Å². The third-order valence-corrected chi connectivity index (χ3v) is 6.38. The van der Waals surface area contributed by atoms with Crippen LogP contribution < -0.4 is 0 Å². The minimum Gasteiger partial charge on any atom is -0.744 e. The Hall–Kier alpha value is -1.29. The first-order valence-electron chi connectivity index (χ1n) is 7.57. The lowest BCUT2D eigenvalue weighted by Crippen LogP contribution is -2.31. The topological polar surface area (TPSA) is 115 Å². The van der Waals surface area contributed by atoms with Gasteiger partial charge in [0.1, 0.15) is 16.7 Å².